The molecule has 2 aromatic rings. The Morgan fingerprint density at radius 2 is 1.85 bits per heavy atom. The standard InChI is InChI=1S/C17H11ClF4N4/c18-10-7-12(19)14-13(8-10)25-15(16-23-5-6-26(14)16)24-11-3-1-9(2-4-11)17(20,21)22/h1-4,7-8H,5-6H2,(H,24,25). The highest BCUT2D eigenvalue weighted by Gasteiger charge is 2.33. The van der Waals surface area contributed by atoms with Crippen molar-refractivity contribution in [2.75, 3.05) is 23.3 Å². The predicted octanol–water partition coefficient (Wildman–Crippen LogP) is 4.87. The van der Waals surface area contributed by atoms with Gasteiger partial charge in [0.25, 0.3) is 0 Å². The number of benzene rings is 2. The summed E-state index contributed by atoms with van der Waals surface area (Å²) in [5.74, 6) is 0.273. The van der Waals surface area contributed by atoms with Crippen LogP contribution in [-0.2, 0) is 6.18 Å². The van der Waals surface area contributed by atoms with Gasteiger partial charge in [-0.15, -0.1) is 0 Å². The molecule has 0 saturated heterocycles. The highest BCUT2D eigenvalue weighted by molar-refractivity contribution is 6.51. The second kappa shape index (κ2) is 5.98. The van der Waals surface area contributed by atoms with Crippen molar-refractivity contribution >= 4 is 40.3 Å². The first-order valence-electron chi connectivity index (χ1n) is 7.67. The lowest BCUT2D eigenvalue weighted by molar-refractivity contribution is -0.137. The van der Waals surface area contributed by atoms with Gasteiger partial charge in [0.15, 0.2) is 17.5 Å². The molecule has 0 unspecified atom stereocenters. The molecular weight excluding hydrogens is 372 g/mol. The summed E-state index contributed by atoms with van der Waals surface area (Å²) < 4.78 is 52.3. The van der Waals surface area contributed by atoms with Crippen molar-refractivity contribution in [3.8, 4) is 0 Å². The first kappa shape index (κ1) is 16.8. The number of fused-ring (bicyclic) bond motifs is 3. The molecule has 0 fully saturated rings. The molecule has 26 heavy (non-hydrogen) atoms. The molecule has 1 N–H and O–H groups in total. The maximum atomic E-state index is 14.3. The number of amidine groups is 2. The fraction of sp³-hybridized carbons (Fsp3) is 0.176. The van der Waals surface area contributed by atoms with Gasteiger partial charge in [-0.1, -0.05) is 11.6 Å². The van der Waals surface area contributed by atoms with Crippen molar-refractivity contribution in [2.24, 2.45) is 9.98 Å². The summed E-state index contributed by atoms with van der Waals surface area (Å²) in [6.45, 7) is 0.944. The van der Waals surface area contributed by atoms with Crippen LogP contribution in [0.5, 0.6) is 0 Å². The van der Waals surface area contributed by atoms with Gasteiger partial charge in [-0.25, -0.2) is 9.38 Å². The maximum absolute atomic E-state index is 14.3. The maximum Gasteiger partial charge on any atom is 0.416 e. The average molecular weight is 383 g/mol. The van der Waals surface area contributed by atoms with E-state index in [2.05, 4.69) is 15.3 Å². The number of anilines is 2. The molecule has 0 radical (unpaired) electrons. The van der Waals surface area contributed by atoms with Crippen molar-refractivity contribution in [1.29, 1.82) is 0 Å². The Kier molecular flexibility index (Phi) is 3.87. The molecule has 0 spiro atoms. The molecule has 2 aromatic carbocycles. The summed E-state index contributed by atoms with van der Waals surface area (Å²) in [7, 11) is 0. The van der Waals surface area contributed by atoms with Crippen molar-refractivity contribution in [3.63, 3.8) is 0 Å². The summed E-state index contributed by atoms with van der Waals surface area (Å²) in [6, 6.07) is 7.30. The molecule has 134 valence electrons. The molecule has 2 aliphatic rings. The molecule has 2 aliphatic heterocycles. The number of halogens is 5. The van der Waals surface area contributed by atoms with Crippen LogP contribution in [0.15, 0.2) is 46.4 Å². The Morgan fingerprint density at radius 1 is 1.12 bits per heavy atom. The number of rotatable bonds is 1. The van der Waals surface area contributed by atoms with Gasteiger partial charge in [0.2, 0.25) is 0 Å². The number of hydrogen-bond acceptors (Lipinski definition) is 4. The van der Waals surface area contributed by atoms with Gasteiger partial charge >= 0.3 is 6.18 Å². The summed E-state index contributed by atoms with van der Waals surface area (Å²) in [5, 5.41) is 3.16. The highest BCUT2D eigenvalue weighted by Crippen LogP contribution is 2.39. The molecule has 0 aliphatic carbocycles. The minimum atomic E-state index is -4.40. The van der Waals surface area contributed by atoms with Gasteiger partial charge in [-0.3, -0.25) is 4.99 Å². The third kappa shape index (κ3) is 2.90. The molecule has 9 heteroatoms. The van der Waals surface area contributed by atoms with Crippen molar-refractivity contribution < 1.29 is 17.6 Å². The number of nitrogens with one attached hydrogen (secondary N) is 1. The summed E-state index contributed by atoms with van der Waals surface area (Å²) in [6.07, 6.45) is -4.40. The largest absolute Gasteiger partial charge is 0.416 e. The fourth-order valence-electron chi connectivity index (χ4n) is 2.91. The van der Waals surface area contributed by atoms with Gasteiger partial charge in [-0.2, -0.15) is 13.2 Å². The third-order valence-electron chi connectivity index (χ3n) is 4.04. The predicted molar refractivity (Wildman–Crippen MR) is 93.2 cm³/mol. The van der Waals surface area contributed by atoms with E-state index >= 15 is 0 Å². The van der Waals surface area contributed by atoms with Crippen LogP contribution in [-0.4, -0.2) is 24.8 Å². The van der Waals surface area contributed by atoms with Crippen LogP contribution in [0, 0.1) is 5.82 Å². The Labute approximate surface area is 150 Å². The Balaban J connectivity index is 1.70. The smallest absolute Gasteiger partial charge is 0.337 e. The zero-order chi connectivity index (χ0) is 18.5. The minimum Gasteiger partial charge on any atom is -0.337 e. The van der Waals surface area contributed by atoms with Crippen LogP contribution in [0.1, 0.15) is 5.56 Å². The zero-order valence-electron chi connectivity index (χ0n) is 13.1. The Hall–Kier alpha value is -2.61. The van der Waals surface area contributed by atoms with E-state index in [4.69, 9.17) is 11.6 Å². The van der Waals surface area contributed by atoms with E-state index in [1.165, 1.54) is 24.3 Å². The van der Waals surface area contributed by atoms with Gasteiger partial charge in [0.1, 0.15) is 5.69 Å². The monoisotopic (exact) mass is 382 g/mol. The number of nitrogens with zero attached hydrogens (tertiary/aromatic N) is 3. The van der Waals surface area contributed by atoms with Crippen LogP contribution in [0.4, 0.5) is 34.6 Å². The fourth-order valence-corrected chi connectivity index (χ4v) is 3.11. The van der Waals surface area contributed by atoms with E-state index in [1.807, 2.05) is 0 Å². The van der Waals surface area contributed by atoms with Gasteiger partial charge < -0.3 is 10.2 Å². The van der Waals surface area contributed by atoms with Crippen LogP contribution in [0.3, 0.4) is 0 Å². The van der Waals surface area contributed by atoms with E-state index in [0.29, 0.717) is 41.8 Å². The number of hydrogen-bond donors (Lipinski definition) is 1. The molecule has 0 amide bonds. The van der Waals surface area contributed by atoms with Gasteiger partial charge in [-0.05, 0) is 36.4 Å². The molecule has 0 atom stereocenters. The molecule has 0 bridgehead atoms. The van der Waals surface area contributed by atoms with E-state index in [1.54, 1.807) is 4.90 Å². The first-order valence-corrected chi connectivity index (χ1v) is 8.05. The van der Waals surface area contributed by atoms with Crippen molar-refractivity contribution in [1.82, 2.24) is 0 Å². The normalized spacial score (nSPS) is 16.0. The highest BCUT2D eigenvalue weighted by atomic mass is 35.5. The topological polar surface area (TPSA) is 40.0 Å². The van der Waals surface area contributed by atoms with Crippen LogP contribution in [0.25, 0.3) is 0 Å². The van der Waals surface area contributed by atoms with Crippen LogP contribution >= 0.6 is 11.6 Å². The van der Waals surface area contributed by atoms with Crippen molar-refractivity contribution in [2.45, 2.75) is 6.18 Å². The number of alkyl halides is 3. The van der Waals surface area contributed by atoms with E-state index in [0.717, 1.165) is 12.1 Å². The second-order valence-electron chi connectivity index (χ2n) is 5.77. The molecule has 0 saturated carbocycles. The lowest BCUT2D eigenvalue weighted by Crippen LogP contribution is -2.40. The molecule has 0 aromatic heterocycles. The van der Waals surface area contributed by atoms with E-state index in [-0.39, 0.29) is 5.02 Å². The van der Waals surface area contributed by atoms with E-state index in [9.17, 15) is 17.6 Å². The Morgan fingerprint density at radius 3 is 2.54 bits per heavy atom. The lowest BCUT2D eigenvalue weighted by Gasteiger charge is -2.28. The van der Waals surface area contributed by atoms with Gasteiger partial charge in [0.05, 0.1) is 17.8 Å². The van der Waals surface area contributed by atoms with Gasteiger partial charge in [0, 0.05) is 17.3 Å². The summed E-state index contributed by atoms with van der Waals surface area (Å²) >= 11 is 5.91. The lowest BCUT2D eigenvalue weighted by atomic mass is 10.1. The quantitative estimate of drug-likeness (QED) is 0.715. The molecule has 4 rings (SSSR count). The summed E-state index contributed by atoms with van der Waals surface area (Å²) in [5.41, 5.74) is 0.304. The number of aliphatic imine (C=N–C) groups is 2. The molecule has 4 nitrogen and oxygen atoms in total. The molecule has 2 heterocycles. The zero-order valence-corrected chi connectivity index (χ0v) is 13.9. The first-order chi connectivity index (χ1) is 12.3. The molecular formula is C17H11ClF4N4. The SMILES string of the molecule is Fc1cc(Cl)cc2c1N1CCN=C1C(Nc1ccc(C(F)(F)F)cc1)=N2. The minimum absolute atomic E-state index is 0.207. The second-order valence-corrected chi connectivity index (χ2v) is 6.21. The van der Waals surface area contributed by atoms with Crippen LogP contribution in [0.2, 0.25) is 5.02 Å². The Bertz CT molecular complexity index is 935. The van der Waals surface area contributed by atoms with Crippen LogP contribution < -0.4 is 10.2 Å². The third-order valence-corrected chi connectivity index (χ3v) is 4.26. The van der Waals surface area contributed by atoms with Crippen molar-refractivity contribution in [3.05, 3.63) is 52.8 Å². The van der Waals surface area contributed by atoms with E-state index < -0.39 is 17.6 Å². The summed E-state index contributed by atoms with van der Waals surface area (Å²) in [4.78, 5) is 10.4. The average Bonchev–Trinajstić information content (AvgIpc) is 3.03.